The first-order valence-electron chi connectivity index (χ1n) is 10.9. The largest absolute Gasteiger partial charge is 0.345 e. The van der Waals surface area contributed by atoms with E-state index in [1.807, 2.05) is 56.3 Å². The first-order chi connectivity index (χ1) is 16.4. The van der Waals surface area contributed by atoms with Crippen LogP contribution in [0.4, 0.5) is 4.39 Å². The van der Waals surface area contributed by atoms with Gasteiger partial charge in [0.15, 0.2) is 0 Å². The molecular formula is C26H22FN5O2. The van der Waals surface area contributed by atoms with Gasteiger partial charge in [-0.1, -0.05) is 48.0 Å². The van der Waals surface area contributed by atoms with Gasteiger partial charge in [-0.05, 0) is 54.8 Å². The number of halogens is 1. The van der Waals surface area contributed by atoms with Crippen molar-refractivity contribution in [3.8, 4) is 0 Å². The summed E-state index contributed by atoms with van der Waals surface area (Å²) in [6, 6.07) is 19.5. The maximum Gasteiger partial charge on any atom is 0.296 e. The number of amides is 1. The highest BCUT2D eigenvalue weighted by Gasteiger charge is 2.19. The third kappa shape index (κ3) is 4.05. The molecule has 1 amide bonds. The van der Waals surface area contributed by atoms with Gasteiger partial charge in [0, 0.05) is 6.54 Å². The zero-order valence-corrected chi connectivity index (χ0v) is 18.7. The molecule has 5 rings (SSSR count). The molecule has 0 radical (unpaired) electrons. The lowest BCUT2D eigenvalue weighted by molar-refractivity contribution is 0.0941. The fourth-order valence-electron chi connectivity index (χ4n) is 3.92. The summed E-state index contributed by atoms with van der Waals surface area (Å²) in [4.78, 5) is 30.4. The molecule has 0 aliphatic rings. The van der Waals surface area contributed by atoms with Crippen LogP contribution in [0.1, 0.15) is 32.9 Å². The highest BCUT2D eigenvalue weighted by atomic mass is 19.1. The molecule has 8 heteroatoms. The smallest absolute Gasteiger partial charge is 0.296 e. The van der Waals surface area contributed by atoms with Gasteiger partial charge in [-0.3, -0.25) is 14.2 Å². The lowest BCUT2D eigenvalue weighted by Crippen LogP contribution is -2.24. The first kappa shape index (κ1) is 21.5. The molecule has 0 aliphatic heterocycles. The van der Waals surface area contributed by atoms with Crippen molar-refractivity contribution in [2.24, 2.45) is 0 Å². The van der Waals surface area contributed by atoms with Crippen molar-refractivity contribution in [3.05, 3.63) is 111 Å². The van der Waals surface area contributed by atoms with E-state index < -0.39 is 11.5 Å². The van der Waals surface area contributed by atoms with Crippen molar-refractivity contribution in [1.29, 1.82) is 0 Å². The summed E-state index contributed by atoms with van der Waals surface area (Å²) >= 11 is 0. The summed E-state index contributed by atoms with van der Waals surface area (Å²) in [6.07, 6.45) is 0. The van der Waals surface area contributed by atoms with Crippen LogP contribution in [0.5, 0.6) is 0 Å². The summed E-state index contributed by atoms with van der Waals surface area (Å²) in [7, 11) is 0. The number of carbonyl (C=O) groups is 1. The van der Waals surface area contributed by atoms with Crippen molar-refractivity contribution < 1.29 is 9.18 Å². The Labute approximate surface area is 194 Å². The van der Waals surface area contributed by atoms with Crippen LogP contribution in [0.25, 0.3) is 16.7 Å². The number of aromatic nitrogens is 4. The maximum atomic E-state index is 13.8. The Morgan fingerprint density at radius 2 is 1.71 bits per heavy atom. The van der Waals surface area contributed by atoms with Gasteiger partial charge in [-0.25, -0.2) is 8.91 Å². The standard InChI is InChI=1S/C26H22FN5O2/c1-16-6-9-18(10-7-16)14-28-25(33)23-29-24-26(34)31(15-19-4-3-5-20(27)13-19)22-12-17(2)8-11-21(22)32(24)30-23/h3-13H,14-15H2,1-2H3,(H,28,33). The van der Waals surface area contributed by atoms with Crippen LogP contribution in [0.2, 0.25) is 0 Å². The summed E-state index contributed by atoms with van der Waals surface area (Å²) < 4.78 is 16.7. The molecule has 0 saturated heterocycles. The topological polar surface area (TPSA) is 81.3 Å². The van der Waals surface area contributed by atoms with E-state index in [0.717, 1.165) is 16.7 Å². The predicted octanol–water partition coefficient (Wildman–Crippen LogP) is 3.78. The molecule has 0 saturated carbocycles. The summed E-state index contributed by atoms with van der Waals surface area (Å²) in [5, 5.41) is 7.15. The molecule has 0 atom stereocenters. The Hall–Kier alpha value is -4.33. The molecular weight excluding hydrogens is 433 g/mol. The molecule has 5 aromatic rings. The SMILES string of the molecule is Cc1ccc(CNC(=O)c2nc3c(=O)n(Cc4cccc(F)c4)c4cc(C)ccc4n3n2)cc1. The number of nitrogens with zero attached hydrogens (tertiary/aromatic N) is 4. The molecule has 0 fully saturated rings. The summed E-state index contributed by atoms with van der Waals surface area (Å²) in [6.45, 7) is 4.40. The normalized spacial score (nSPS) is 11.3. The van der Waals surface area contributed by atoms with Gasteiger partial charge < -0.3 is 5.32 Å². The number of nitrogens with one attached hydrogen (secondary N) is 1. The van der Waals surface area contributed by atoms with Crippen LogP contribution in [0.15, 0.2) is 71.5 Å². The van der Waals surface area contributed by atoms with E-state index in [1.165, 1.54) is 21.2 Å². The van der Waals surface area contributed by atoms with Crippen LogP contribution in [-0.4, -0.2) is 25.1 Å². The van der Waals surface area contributed by atoms with Gasteiger partial charge in [0.25, 0.3) is 11.5 Å². The van der Waals surface area contributed by atoms with Gasteiger partial charge in [0.1, 0.15) is 5.82 Å². The molecule has 0 unspecified atom stereocenters. The van der Waals surface area contributed by atoms with E-state index >= 15 is 0 Å². The van der Waals surface area contributed by atoms with E-state index in [4.69, 9.17) is 0 Å². The Balaban J connectivity index is 1.56. The Kier molecular flexibility index (Phi) is 5.41. The van der Waals surface area contributed by atoms with Gasteiger partial charge in [0.2, 0.25) is 11.5 Å². The van der Waals surface area contributed by atoms with Gasteiger partial charge in [-0.2, -0.15) is 4.98 Å². The maximum absolute atomic E-state index is 13.8. The molecule has 170 valence electrons. The van der Waals surface area contributed by atoms with E-state index in [1.54, 1.807) is 12.1 Å². The van der Waals surface area contributed by atoms with Crippen molar-refractivity contribution in [1.82, 2.24) is 24.5 Å². The number of aryl methyl sites for hydroxylation is 2. The molecule has 34 heavy (non-hydrogen) atoms. The van der Waals surface area contributed by atoms with Crippen LogP contribution >= 0.6 is 0 Å². The Morgan fingerprint density at radius 3 is 2.47 bits per heavy atom. The van der Waals surface area contributed by atoms with Crippen LogP contribution < -0.4 is 10.9 Å². The highest BCUT2D eigenvalue weighted by Crippen LogP contribution is 2.17. The minimum absolute atomic E-state index is 0.0354. The second-order valence-electron chi connectivity index (χ2n) is 8.35. The average molecular weight is 455 g/mol. The number of benzene rings is 3. The third-order valence-corrected chi connectivity index (χ3v) is 5.70. The van der Waals surface area contributed by atoms with Crippen LogP contribution in [0.3, 0.4) is 0 Å². The lowest BCUT2D eigenvalue weighted by atomic mass is 10.1. The second kappa shape index (κ2) is 8.55. The lowest BCUT2D eigenvalue weighted by Gasteiger charge is -2.12. The number of hydrogen-bond donors (Lipinski definition) is 1. The zero-order chi connectivity index (χ0) is 23.8. The van der Waals surface area contributed by atoms with Gasteiger partial charge in [0.05, 0.1) is 17.6 Å². The monoisotopic (exact) mass is 455 g/mol. The Morgan fingerprint density at radius 1 is 0.941 bits per heavy atom. The Bertz CT molecular complexity index is 1600. The van der Waals surface area contributed by atoms with Gasteiger partial charge >= 0.3 is 0 Å². The minimum atomic E-state index is -0.472. The molecule has 2 aromatic heterocycles. The number of fused-ring (bicyclic) bond motifs is 3. The number of rotatable bonds is 5. The molecule has 0 bridgehead atoms. The molecule has 0 aliphatic carbocycles. The fourth-order valence-corrected chi connectivity index (χ4v) is 3.92. The van der Waals surface area contributed by atoms with Crippen molar-refractivity contribution in [2.75, 3.05) is 0 Å². The van der Waals surface area contributed by atoms with E-state index in [0.29, 0.717) is 23.1 Å². The van der Waals surface area contributed by atoms with E-state index in [-0.39, 0.29) is 23.8 Å². The molecule has 0 spiro atoms. The van der Waals surface area contributed by atoms with E-state index in [2.05, 4.69) is 15.4 Å². The quantitative estimate of drug-likeness (QED) is 0.437. The van der Waals surface area contributed by atoms with Crippen molar-refractivity contribution >= 4 is 22.6 Å². The second-order valence-corrected chi connectivity index (χ2v) is 8.35. The molecule has 3 aromatic carbocycles. The molecule has 2 heterocycles. The van der Waals surface area contributed by atoms with Crippen molar-refractivity contribution in [2.45, 2.75) is 26.9 Å². The fraction of sp³-hybridized carbons (Fsp3) is 0.154. The van der Waals surface area contributed by atoms with Gasteiger partial charge in [-0.15, -0.1) is 5.10 Å². The van der Waals surface area contributed by atoms with Crippen LogP contribution in [-0.2, 0) is 13.1 Å². The summed E-state index contributed by atoms with van der Waals surface area (Å²) in [5.41, 5.74) is 4.55. The first-order valence-corrected chi connectivity index (χ1v) is 10.9. The minimum Gasteiger partial charge on any atom is -0.345 e. The summed E-state index contributed by atoms with van der Waals surface area (Å²) in [5.74, 6) is -0.933. The molecule has 7 nitrogen and oxygen atoms in total. The average Bonchev–Trinajstić information content (AvgIpc) is 3.27. The highest BCUT2D eigenvalue weighted by molar-refractivity contribution is 5.91. The zero-order valence-electron chi connectivity index (χ0n) is 18.7. The molecule has 1 N–H and O–H groups in total. The predicted molar refractivity (Wildman–Crippen MR) is 127 cm³/mol. The van der Waals surface area contributed by atoms with E-state index in [9.17, 15) is 14.0 Å². The third-order valence-electron chi connectivity index (χ3n) is 5.70. The van der Waals surface area contributed by atoms with Crippen molar-refractivity contribution in [3.63, 3.8) is 0 Å². The van der Waals surface area contributed by atoms with Crippen LogP contribution in [0, 0.1) is 19.7 Å². The number of carbonyl (C=O) groups excluding carboxylic acids is 1. The number of hydrogen-bond acceptors (Lipinski definition) is 4.